The molecule has 0 bridgehead atoms. The van der Waals surface area contributed by atoms with Gasteiger partial charge in [0.1, 0.15) is 18.1 Å². The number of rotatable bonds is 17. The summed E-state index contributed by atoms with van der Waals surface area (Å²) < 4.78 is 32.9. The minimum absolute atomic E-state index is 0.0393. The topological polar surface area (TPSA) is 35.0 Å². The van der Waals surface area contributed by atoms with Gasteiger partial charge >= 0.3 is 0 Å². The van der Waals surface area contributed by atoms with Gasteiger partial charge in [-0.3, -0.25) is 0 Å². The van der Waals surface area contributed by atoms with Gasteiger partial charge in [0.2, 0.25) is 0 Å². The minimum atomic E-state index is -1.16. The zero-order valence-corrected chi connectivity index (χ0v) is 19.9. The Kier molecular flexibility index (Phi) is 12.9. The van der Waals surface area contributed by atoms with Crippen molar-refractivity contribution in [2.24, 2.45) is 0 Å². The summed E-state index contributed by atoms with van der Waals surface area (Å²) in [4.78, 5) is 9.02. The van der Waals surface area contributed by atoms with Crippen LogP contribution < -0.4 is 4.74 Å². The van der Waals surface area contributed by atoms with Crippen LogP contribution in [0.5, 0.6) is 5.75 Å². The van der Waals surface area contributed by atoms with Crippen LogP contribution in [0, 0.1) is 0 Å². The van der Waals surface area contributed by atoms with Crippen LogP contribution in [0.2, 0.25) is 0 Å². The monoisotopic (exact) mass is 446 g/mol. The number of ether oxygens (including phenoxy) is 1. The van der Waals surface area contributed by atoms with Crippen LogP contribution in [-0.2, 0) is 6.42 Å². The highest BCUT2D eigenvalue weighted by molar-refractivity contribution is 5.55. The molecule has 0 fully saturated rings. The van der Waals surface area contributed by atoms with Crippen LogP contribution in [0.3, 0.4) is 0 Å². The summed E-state index contributed by atoms with van der Waals surface area (Å²) in [5, 5.41) is 0. The Balaban J connectivity index is 1.69. The molecule has 0 radical (unpaired) electrons. The smallest absolute Gasteiger partial charge is 0.159 e. The quantitative estimate of drug-likeness (QED) is 0.230. The van der Waals surface area contributed by atoms with E-state index in [0.29, 0.717) is 18.0 Å². The highest BCUT2D eigenvalue weighted by Crippen LogP contribution is 2.21. The second kappa shape index (κ2) is 15.7. The van der Waals surface area contributed by atoms with Crippen molar-refractivity contribution < 1.29 is 13.5 Å². The minimum Gasteiger partial charge on any atom is -0.493 e. The Morgan fingerprint density at radius 2 is 1.41 bits per heavy atom. The predicted octanol–water partition coefficient (Wildman–Crippen LogP) is 8.07. The predicted molar refractivity (Wildman–Crippen MR) is 129 cm³/mol. The molecule has 2 rings (SSSR count). The molecule has 1 aromatic carbocycles. The zero-order chi connectivity index (χ0) is 23.0. The van der Waals surface area contributed by atoms with E-state index in [1.165, 1.54) is 50.5 Å². The molecule has 1 heterocycles. The molecule has 0 aliphatic carbocycles. The largest absolute Gasteiger partial charge is 0.493 e. The average molecular weight is 447 g/mol. The molecule has 0 spiro atoms. The van der Waals surface area contributed by atoms with Crippen LogP contribution in [0.25, 0.3) is 11.4 Å². The summed E-state index contributed by atoms with van der Waals surface area (Å²) in [5.74, 6) is 1.36. The molecule has 0 aliphatic rings. The van der Waals surface area contributed by atoms with Crippen molar-refractivity contribution in [3.63, 3.8) is 0 Å². The van der Waals surface area contributed by atoms with Crippen molar-refractivity contribution in [3.8, 4) is 17.1 Å². The average Bonchev–Trinajstić information content (AvgIpc) is 2.79. The number of unbranched alkanes of at least 4 members (excludes halogenated alkanes) is 6. The van der Waals surface area contributed by atoms with Crippen LogP contribution in [0.1, 0.15) is 90.0 Å². The Bertz CT molecular complexity index is 721. The number of aromatic nitrogens is 2. The van der Waals surface area contributed by atoms with E-state index in [4.69, 9.17) is 4.74 Å². The second-order valence-corrected chi connectivity index (χ2v) is 8.67. The lowest BCUT2D eigenvalue weighted by Crippen LogP contribution is -2.13. The van der Waals surface area contributed by atoms with E-state index in [1.807, 2.05) is 43.6 Å². The fourth-order valence-corrected chi connectivity index (χ4v) is 3.75. The Labute approximate surface area is 193 Å². The first kappa shape index (κ1) is 26.2. The Morgan fingerprint density at radius 1 is 0.781 bits per heavy atom. The molecule has 0 aliphatic heterocycles. The van der Waals surface area contributed by atoms with Gasteiger partial charge < -0.3 is 4.74 Å². The van der Waals surface area contributed by atoms with E-state index in [2.05, 4.69) is 16.9 Å². The maximum atomic E-state index is 13.8. The van der Waals surface area contributed by atoms with Crippen LogP contribution in [-0.4, -0.2) is 28.9 Å². The van der Waals surface area contributed by atoms with Gasteiger partial charge in [-0.2, -0.15) is 0 Å². The molecule has 0 N–H and O–H groups in total. The summed E-state index contributed by atoms with van der Waals surface area (Å²) in [6.45, 7) is 4.39. The second-order valence-electron chi connectivity index (χ2n) is 8.67. The number of aryl methyl sites for hydroxylation is 1. The first-order valence-corrected chi connectivity index (χ1v) is 12.4. The Morgan fingerprint density at radius 3 is 2.06 bits per heavy atom. The molecule has 1 aromatic heterocycles. The van der Waals surface area contributed by atoms with Gasteiger partial charge in [0, 0.05) is 30.8 Å². The molecular formula is C27H40F2N2O. The maximum Gasteiger partial charge on any atom is 0.159 e. The third-order valence-electron chi connectivity index (χ3n) is 5.70. The fraction of sp³-hybridized carbons (Fsp3) is 0.630. The van der Waals surface area contributed by atoms with Gasteiger partial charge in [-0.15, -0.1) is 0 Å². The SMILES string of the molecule is CCCCCCCCCc1cnc(-c2ccc(OCCC(F)CC(F)CCC)cc2)nc1. The lowest BCUT2D eigenvalue weighted by Gasteiger charge is -2.12. The molecule has 3 nitrogen and oxygen atoms in total. The van der Waals surface area contributed by atoms with Crippen LogP contribution in [0.4, 0.5) is 8.78 Å². The first-order chi connectivity index (χ1) is 15.6. The van der Waals surface area contributed by atoms with Crippen LogP contribution in [0.15, 0.2) is 36.7 Å². The van der Waals surface area contributed by atoms with Crippen molar-refractivity contribution in [1.82, 2.24) is 9.97 Å². The van der Waals surface area contributed by atoms with Gasteiger partial charge in [0.15, 0.2) is 5.82 Å². The molecule has 32 heavy (non-hydrogen) atoms. The summed E-state index contributed by atoms with van der Waals surface area (Å²) in [7, 11) is 0. The zero-order valence-electron chi connectivity index (χ0n) is 19.9. The van der Waals surface area contributed by atoms with Crippen molar-refractivity contribution in [1.29, 1.82) is 0 Å². The molecule has 0 saturated carbocycles. The molecule has 0 saturated heterocycles. The maximum absolute atomic E-state index is 13.8. The van der Waals surface area contributed by atoms with E-state index in [9.17, 15) is 8.78 Å². The molecule has 2 unspecified atom stereocenters. The van der Waals surface area contributed by atoms with Gasteiger partial charge in [-0.25, -0.2) is 18.7 Å². The number of nitrogens with zero attached hydrogens (tertiary/aromatic N) is 2. The highest BCUT2D eigenvalue weighted by Gasteiger charge is 2.14. The van der Waals surface area contributed by atoms with E-state index < -0.39 is 12.3 Å². The molecule has 178 valence electrons. The van der Waals surface area contributed by atoms with E-state index in [1.54, 1.807) is 0 Å². The highest BCUT2D eigenvalue weighted by atomic mass is 19.1. The molecule has 5 heteroatoms. The van der Waals surface area contributed by atoms with E-state index in [0.717, 1.165) is 18.4 Å². The number of alkyl halides is 2. The van der Waals surface area contributed by atoms with Crippen molar-refractivity contribution in [2.75, 3.05) is 6.61 Å². The van der Waals surface area contributed by atoms with Gasteiger partial charge in [-0.05, 0) is 49.1 Å². The summed E-state index contributed by atoms with van der Waals surface area (Å²) in [6.07, 6.45) is 13.1. The van der Waals surface area contributed by atoms with E-state index >= 15 is 0 Å². The third-order valence-corrected chi connectivity index (χ3v) is 5.70. The molecule has 2 atom stereocenters. The third kappa shape index (κ3) is 10.5. The van der Waals surface area contributed by atoms with E-state index in [-0.39, 0.29) is 19.4 Å². The van der Waals surface area contributed by atoms with Gasteiger partial charge in [0.05, 0.1) is 6.61 Å². The van der Waals surface area contributed by atoms with Crippen molar-refractivity contribution in [3.05, 3.63) is 42.2 Å². The molecular weight excluding hydrogens is 406 g/mol. The molecule has 2 aromatic rings. The number of halogens is 2. The van der Waals surface area contributed by atoms with Crippen LogP contribution >= 0.6 is 0 Å². The summed E-state index contributed by atoms with van der Waals surface area (Å²) in [6, 6.07) is 7.50. The standard InChI is InChI=1S/C27H40F2N2O/c1-3-5-6-7-8-9-10-12-22-20-30-27(31-21-22)23-13-15-26(16-14-23)32-18-17-25(29)19-24(28)11-4-2/h13-16,20-21,24-25H,3-12,17-19H2,1-2H3. The van der Waals surface area contributed by atoms with Gasteiger partial charge in [0.25, 0.3) is 0 Å². The van der Waals surface area contributed by atoms with Crippen molar-refractivity contribution in [2.45, 2.75) is 103 Å². The normalized spacial score (nSPS) is 13.1. The summed E-state index contributed by atoms with van der Waals surface area (Å²) in [5.41, 5.74) is 2.10. The van der Waals surface area contributed by atoms with Crippen molar-refractivity contribution >= 4 is 0 Å². The fourth-order valence-electron chi connectivity index (χ4n) is 3.75. The van der Waals surface area contributed by atoms with Gasteiger partial charge in [-0.1, -0.05) is 58.8 Å². The first-order valence-electron chi connectivity index (χ1n) is 12.4. The lowest BCUT2D eigenvalue weighted by atomic mass is 10.1. The molecule has 0 amide bonds. The number of benzene rings is 1. The Hall–Kier alpha value is -2.04. The lowest BCUT2D eigenvalue weighted by molar-refractivity contribution is 0.176. The number of hydrogen-bond donors (Lipinski definition) is 0. The summed E-state index contributed by atoms with van der Waals surface area (Å²) >= 11 is 0. The number of hydrogen-bond acceptors (Lipinski definition) is 3.